The Labute approximate surface area is 162 Å². The van der Waals surface area contributed by atoms with Crippen molar-refractivity contribution in [2.45, 2.75) is 64.3 Å². The topological polar surface area (TPSA) is 75.3 Å². The van der Waals surface area contributed by atoms with Crippen LogP contribution in [0.4, 0.5) is 0 Å². The van der Waals surface area contributed by atoms with E-state index in [0.717, 1.165) is 24.8 Å². The van der Waals surface area contributed by atoms with Crippen LogP contribution in [0, 0.1) is 0 Å². The van der Waals surface area contributed by atoms with Gasteiger partial charge in [0.2, 0.25) is 11.8 Å². The third-order valence-electron chi connectivity index (χ3n) is 4.27. The number of nitrogens with one attached hydrogen (secondary N) is 2. The zero-order valence-corrected chi connectivity index (χ0v) is 16.5. The molecule has 0 bridgehead atoms. The van der Waals surface area contributed by atoms with Crippen LogP contribution in [0.5, 0.6) is 0 Å². The molecule has 5 nitrogen and oxygen atoms in total. The summed E-state index contributed by atoms with van der Waals surface area (Å²) in [4.78, 5) is 36.0. The number of hydrogen-bond donors (Lipinski definition) is 2. The number of rotatable bonds is 13. The average Bonchev–Trinajstić information content (AvgIpc) is 2.66. The van der Waals surface area contributed by atoms with Crippen LogP contribution in [0.25, 0.3) is 0 Å². The quantitative estimate of drug-likeness (QED) is 0.412. The summed E-state index contributed by atoms with van der Waals surface area (Å²) in [7, 11) is 1.55. The summed E-state index contributed by atoms with van der Waals surface area (Å²) in [6.45, 7) is 2.15. The number of benzene rings is 1. The van der Waals surface area contributed by atoms with Gasteiger partial charge in [0.05, 0.1) is 12.5 Å². The van der Waals surface area contributed by atoms with E-state index in [4.69, 9.17) is 0 Å². The molecule has 0 aromatic heterocycles. The molecule has 1 atom stereocenters. The molecule has 0 spiro atoms. The van der Waals surface area contributed by atoms with E-state index in [-0.39, 0.29) is 24.0 Å². The van der Waals surface area contributed by atoms with Crippen molar-refractivity contribution in [1.82, 2.24) is 10.6 Å². The highest BCUT2D eigenvalue weighted by atomic mass is 16.2. The first kappa shape index (κ1) is 22.6. The molecule has 148 valence electrons. The van der Waals surface area contributed by atoms with Crippen molar-refractivity contribution in [3.8, 4) is 0 Å². The van der Waals surface area contributed by atoms with Crippen molar-refractivity contribution in [2.75, 3.05) is 7.05 Å². The fourth-order valence-electron chi connectivity index (χ4n) is 2.72. The van der Waals surface area contributed by atoms with E-state index in [2.05, 4.69) is 17.6 Å². The number of carbonyl (C=O) groups excluding carboxylic acids is 3. The summed E-state index contributed by atoms with van der Waals surface area (Å²) in [5, 5.41) is 5.41. The van der Waals surface area contributed by atoms with Crippen LogP contribution in [0.3, 0.4) is 0 Å². The smallest absolute Gasteiger partial charge is 0.222 e. The summed E-state index contributed by atoms with van der Waals surface area (Å²) in [6.07, 6.45) is 9.32. The Morgan fingerprint density at radius 1 is 1.00 bits per heavy atom. The summed E-state index contributed by atoms with van der Waals surface area (Å²) in [5.74, 6) is -0.319. The first-order valence-electron chi connectivity index (χ1n) is 9.80. The molecule has 5 heteroatoms. The molecule has 2 amide bonds. The van der Waals surface area contributed by atoms with Crippen molar-refractivity contribution >= 4 is 17.6 Å². The third-order valence-corrected chi connectivity index (χ3v) is 4.27. The van der Waals surface area contributed by atoms with Crippen molar-refractivity contribution in [3.05, 3.63) is 48.0 Å². The second kappa shape index (κ2) is 13.7. The maximum atomic E-state index is 12.1. The molecule has 1 aromatic rings. The maximum Gasteiger partial charge on any atom is 0.222 e. The van der Waals surface area contributed by atoms with Gasteiger partial charge in [-0.25, -0.2) is 0 Å². The molecule has 0 heterocycles. The number of ketones is 1. The largest absolute Gasteiger partial charge is 0.359 e. The van der Waals surface area contributed by atoms with Gasteiger partial charge in [-0.3, -0.25) is 14.4 Å². The standard InChI is InChI=1S/C22H32N2O3/c1-3-4-5-6-10-13-21(26)24-19(17-22(27)23-2)14-15-20(25)16-18-11-8-7-9-12-18/h7-9,11-12,14-15,19H,3-6,10,13,16-17H2,1-2H3,(H,23,27)(H,24,26)/b15-14+/t19-/m0/s1. The lowest BCUT2D eigenvalue weighted by atomic mass is 10.1. The molecule has 0 saturated heterocycles. The number of allylic oxidation sites excluding steroid dienone is 1. The van der Waals surface area contributed by atoms with E-state index in [1.165, 1.54) is 18.9 Å². The van der Waals surface area contributed by atoms with Crippen LogP contribution in [0.1, 0.15) is 57.4 Å². The maximum absolute atomic E-state index is 12.1. The predicted molar refractivity (Wildman–Crippen MR) is 108 cm³/mol. The second-order valence-corrected chi connectivity index (χ2v) is 6.70. The number of amides is 2. The normalized spacial score (nSPS) is 11.9. The van der Waals surface area contributed by atoms with Crippen LogP contribution in [-0.4, -0.2) is 30.7 Å². The van der Waals surface area contributed by atoms with Gasteiger partial charge in [0.1, 0.15) is 0 Å². The molecule has 1 rings (SSSR count). The van der Waals surface area contributed by atoms with E-state index in [0.29, 0.717) is 12.8 Å². The minimum atomic E-state index is -0.479. The molecule has 0 radical (unpaired) electrons. The molecule has 0 unspecified atom stereocenters. The Morgan fingerprint density at radius 2 is 1.70 bits per heavy atom. The summed E-state index contributed by atoms with van der Waals surface area (Å²) in [6, 6.07) is 9.00. The highest BCUT2D eigenvalue weighted by Crippen LogP contribution is 2.06. The van der Waals surface area contributed by atoms with Gasteiger partial charge >= 0.3 is 0 Å². The lowest BCUT2D eigenvalue weighted by Crippen LogP contribution is -2.37. The minimum Gasteiger partial charge on any atom is -0.359 e. The summed E-state index contributed by atoms with van der Waals surface area (Å²) < 4.78 is 0. The van der Waals surface area contributed by atoms with Gasteiger partial charge in [-0.15, -0.1) is 0 Å². The zero-order valence-electron chi connectivity index (χ0n) is 16.5. The molecule has 0 aliphatic carbocycles. The lowest BCUT2D eigenvalue weighted by molar-refractivity contribution is -0.123. The Balaban J connectivity index is 2.53. The fourth-order valence-corrected chi connectivity index (χ4v) is 2.72. The molecular formula is C22H32N2O3. The van der Waals surface area contributed by atoms with Crippen LogP contribution in [-0.2, 0) is 20.8 Å². The Hall–Kier alpha value is -2.43. The molecule has 0 aliphatic rings. The average molecular weight is 373 g/mol. The Kier molecular flexibility index (Phi) is 11.5. The van der Waals surface area contributed by atoms with Gasteiger partial charge in [0.15, 0.2) is 5.78 Å². The van der Waals surface area contributed by atoms with Gasteiger partial charge in [0, 0.05) is 19.9 Å². The Bertz CT molecular complexity index is 611. The van der Waals surface area contributed by atoms with E-state index in [9.17, 15) is 14.4 Å². The molecule has 0 saturated carbocycles. The highest BCUT2D eigenvalue weighted by Gasteiger charge is 2.13. The number of unbranched alkanes of at least 4 members (excludes halogenated alkanes) is 4. The predicted octanol–water partition coefficient (Wildman–Crippen LogP) is 3.34. The first-order valence-corrected chi connectivity index (χ1v) is 9.80. The highest BCUT2D eigenvalue weighted by molar-refractivity contribution is 5.91. The van der Waals surface area contributed by atoms with Gasteiger partial charge < -0.3 is 10.6 Å². The summed E-state index contributed by atoms with van der Waals surface area (Å²) in [5.41, 5.74) is 0.936. The SMILES string of the molecule is CCCCCCCC(=O)N[C@@H](/C=C/C(=O)Cc1ccccc1)CC(=O)NC. The van der Waals surface area contributed by atoms with Crippen molar-refractivity contribution < 1.29 is 14.4 Å². The van der Waals surface area contributed by atoms with E-state index in [1.807, 2.05) is 30.3 Å². The third kappa shape index (κ3) is 11.0. The second-order valence-electron chi connectivity index (χ2n) is 6.70. The molecule has 0 aliphatic heterocycles. The first-order chi connectivity index (χ1) is 13.0. The molecule has 0 fully saturated rings. The van der Waals surface area contributed by atoms with Crippen molar-refractivity contribution in [3.63, 3.8) is 0 Å². The fraction of sp³-hybridized carbons (Fsp3) is 0.500. The van der Waals surface area contributed by atoms with E-state index >= 15 is 0 Å². The van der Waals surface area contributed by atoms with Crippen LogP contribution in [0.2, 0.25) is 0 Å². The van der Waals surface area contributed by atoms with Crippen molar-refractivity contribution in [2.24, 2.45) is 0 Å². The van der Waals surface area contributed by atoms with Crippen LogP contribution < -0.4 is 10.6 Å². The van der Waals surface area contributed by atoms with Gasteiger partial charge in [0.25, 0.3) is 0 Å². The summed E-state index contributed by atoms with van der Waals surface area (Å²) >= 11 is 0. The minimum absolute atomic E-state index is 0.0584. The molecular weight excluding hydrogens is 340 g/mol. The monoisotopic (exact) mass is 372 g/mol. The van der Waals surface area contributed by atoms with E-state index in [1.54, 1.807) is 13.1 Å². The van der Waals surface area contributed by atoms with Crippen LogP contribution in [0.15, 0.2) is 42.5 Å². The van der Waals surface area contributed by atoms with Gasteiger partial charge in [-0.05, 0) is 18.1 Å². The molecule has 27 heavy (non-hydrogen) atoms. The lowest BCUT2D eigenvalue weighted by Gasteiger charge is -2.14. The van der Waals surface area contributed by atoms with Gasteiger partial charge in [-0.1, -0.05) is 69.0 Å². The van der Waals surface area contributed by atoms with Crippen LogP contribution >= 0.6 is 0 Å². The number of hydrogen-bond acceptors (Lipinski definition) is 3. The van der Waals surface area contributed by atoms with E-state index < -0.39 is 6.04 Å². The Morgan fingerprint density at radius 3 is 2.37 bits per heavy atom. The van der Waals surface area contributed by atoms with Crippen molar-refractivity contribution in [1.29, 1.82) is 0 Å². The zero-order chi connectivity index (χ0) is 19.9. The van der Waals surface area contributed by atoms with Gasteiger partial charge in [-0.2, -0.15) is 0 Å². The molecule has 1 aromatic carbocycles. The molecule has 2 N–H and O–H groups in total. The number of carbonyl (C=O) groups is 3.